The van der Waals surface area contributed by atoms with Gasteiger partial charge in [0.15, 0.2) is 6.61 Å². The van der Waals surface area contributed by atoms with Gasteiger partial charge in [0.1, 0.15) is 34.4 Å². The number of anilines is 3. The number of fused-ring (bicyclic) bond motifs is 3. The molecule has 3 aromatic carbocycles. The minimum Gasteiger partial charge on any atom is -0.484 e. The van der Waals surface area contributed by atoms with Crippen molar-refractivity contribution in [3.05, 3.63) is 107 Å². The zero-order chi connectivity index (χ0) is 30.0. The van der Waals surface area contributed by atoms with Crippen molar-refractivity contribution in [1.82, 2.24) is 9.97 Å². The van der Waals surface area contributed by atoms with Gasteiger partial charge in [-0.25, -0.2) is 18.7 Å². The van der Waals surface area contributed by atoms with Gasteiger partial charge in [0.05, 0.1) is 5.39 Å². The summed E-state index contributed by atoms with van der Waals surface area (Å²) < 4.78 is 32.2. The van der Waals surface area contributed by atoms with Crippen molar-refractivity contribution in [1.29, 1.82) is 0 Å². The maximum absolute atomic E-state index is 13.4. The maximum atomic E-state index is 13.4. The Hall–Kier alpha value is -4.57. The number of aryl methyl sites for hydroxylation is 1. The van der Waals surface area contributed by atoms with Gasteiger partial charge in [-0.3, -0.25) is 4.79 Å². The number of benzene rings is 3. The third kappa shape index (κ3) is 5.94. The first kappa shape index (κ1) is 28.2. The largest absolute Gasteiger partial charge is 0.484 e. The molecule has 0 spiro atoms. The van der Waals surface area contributed by atoms with Crippen molar-refractivity contribution in [2.45, 2.75) is 25.2 Å². The van der Waals surface area contributed by atoms with E-state index in [1.807, 2.05) is 24.3 Å². The smallest absolute Gasteiger partial charge is 0.262 e. The van der Waals surface area contributed by atoms with E-state index >= 15 is 0 Å². The van der Waals surface area contributed by atoms with E-state index < -0.39 is 0 Å². The van der Waals surface area contributed by atoms with Crippen LogP contribution in [0.25, 0.3) is 10.2 Å². The van der Waals surface area contributed by atoms with E-state index in [4.69, 9.17) is 9.72 Å². The maximum Gasteiger partial charge on any atom is 0.262 e. The molecule has 0 saturated carbocycles. The van der Waals surface area contributed by atoms with Crippen molar-refractivity contribution in [3.8, 4) is 5.75 Å². The predicted octanol–water partition coefficient (Wildman–Crippen LogP) is 6.59. The summed E-state index contributed by atoms with van der Waals surface area (Å²) in [7, 11) is 0. The van der Waals surface area contributed by atoms with E-state index in [9.17, 15) is 13.6 Å². The normalized spacial score (nSPS) is 16.5. The highest BCUT2D eigenvalue weighted by atomic mass is 32.1. The molecule has 1 amide bonds. The van der Waals surface area contributed by atoms with E-state index in [1.165, 1.54) is 57.8 Å². The van der Waals surface area contributed by atoms with Crippen molar-refractivity contribution < 1.29 is 18.3 Å². The summed E-state index contributed by atoms with van der Waals surface area (Å²) in [6.07, 6.45) is 4.64. The summed E-state index contributed by atoms with van der Waals surface area (Å²) in [5.41, 5.74) is 4.20. The highest BCUT2D eigenvalue weighted by Crippen LogP contribution is 2.43. The van der Waals surface area contributed by atoms with Crippen LogP contribution in [0.4, 0.5) is 26.0 Å². The average molecular weight is 612 g/mol. The molecule has 10 heteroatoms. The molecule has 7 nitrogen and oxygen atoms in total. The second-order valence-corrected chi connectivity index (χ2v) is 12.3. The fraction of sp³-hybridized carbons (Fsp3) is 0.265. The Bertz CT molecular complexity index is 1770. The molecule has 224 valence electrons. The second-order valence-electron chi connectivity index (χ2n) is 11.2. The summed E-state index contributed by atoms with van der Waals surface area (Å²) in [5.74, 6) is 1.17. The third-order valence-electron chi connectivity index (χ3n) is 8.45. The van der Waals surface area contributed by atoms with Crippen molar-refractivity contribution in [3.63, 3.8) is 0 Å². The second kappa shape index (κ2) is 12.2. The number of carbonyl (C=O) groups is 1. The van der Waals surface area contributed by atoms with Crippen LogP contribution < -0.4 is 19.9 Å². The van der Waals surface area contributed by atoms with Crippen LogP contribution in [0.15, 0.2) is 79.1 Å². The standard InChI is InChI=1S/C34H31F2N5O2S/c35-24-4-8-26(9-5-24)39-31(42)20-43-28-12-1-22(2-13-28)23-3-14-29-30(19-23)44-34-32(29)33(37-21-38-34)41-17-15-40(16-18-41)27-10-6-25(36)7-11-27/h1-2,4-13,21,23H,3,14-20H2,(H,39,42). The van der Waals surface area contributed by atoms with Gasteiger partial charge in [-0.05, 0) is 97.0 Å². The van der Waals surface area contributed by atoms with E-state index in [2.05, 4.69) is 32.2 Å². The molecule has 2 aromatic heterocycles. The van der Waals surface area contributed by atoms with Crippen LogP contribution in [0.3, 0.4) is 0 Å². The van der Waals surface area contributed by atoms with E-state index in [0.29, 0.717) is 17.4 Å². The minimum atomic E-state index is -0.353. The van der Waals surface area contributed by atoms with Crippen LogP contribution in [-0.2, 0) is 17.6 Å². The highest BCUT2D eigenvalue weighted by Gasteiger charge is 2.28. The summed E-state index contributed by atoms with van der Waals surface area (Å²) in [6.45, 7) is 3.27. The minimum absolute atomic E-state index is 0.129. The highest BCUT2D eigenvalue weighted by molar-refractivity contribution is 7.19. The zero-order valence-electron chi connectivity index (χ0n) is 24.0. The van der Waals surface area contributed by atoms with Gasteiger partial charge < -0.3 is 19.9 Å². The fourth-order valence-corrected chi connectivity index (χ4v) is 7.42. The van der Waals surface area contributed by atoms with E-state index in [0.717, 1.165) is 61.8 Å². The molecule has 44 heavy (non-hydrogen) atoms. The molecule has 0 bridgehead atoms. The van der Waals surface area contributed by atoms with Gasteiger partial charge in [0, 0.05) is 42.4 Å². The molecular weight excluding hydrogens is 580 g/mol. The van der Waals surface area contributed by atoms with Gasteiger partial charge in [-0.2, -0.15) is 0 Å². The number of aromatic nitrogens is 2. The Kier molecular flexibility index (Phi) is 7.82. The lowest BCUT2D eigenvalue weighted by Gasteiger charge is -2.37. The molecule has 5 aromatic rings. The third-order valence-corrected chi connectivity index (χ3v) is 9.61. The fourth-order valence-electron chi connectivity index (χ4n) is 6.16. The first-order valence-corrected chi connectivity index (χ1v) is 15.6. The van der Waals surface area contributed by atoms with Crippen molar-refractivity contribution in [2.75, 3.05) is 47.9 Å². The van der Waals surface area contributed by atoms with Gasteiger partial charge in [0.25, 0.3) is 5.91 Å². The lowest BCUT2D eigenvalue weighted by molar-refractivity contribution is -0.118. The number of hydrogen-bond donors (Lipinski definition) is 1. The molecule has 1 fully saturated rings. The molecule has 1 unspecified atom stereocenters. The Morgan fingerprint density at radius 2 is 1.57 bits per heavy atom. The first-order valence-electron chi connectivity index (χ1n) is 14.8. The van der Waals surface area contributed by atoms with Gasteiger partial charge in [-0.1, -0.05) is 12.1 Å². The number of halogens is 2. The molecule has 2 aliphatic rings. The van der Waals surface area contributed by atoms with Crippen LogP contribution in [0.1, 0.15) is 28.3 Å². The van der Waals surface area contributed by atoms with Crippen LogP contribution >= 0.6 is 11.3 Å². The lowest BCUT2D eigenvalue weighted by atomic mass is 9.83. The number of hydrogen-bond acceptors (Lipinski definition) is 7. The lowest BCUT2D eigenvalue weighted by Crippen LogP contribution is -2.47. The molecule has 1 saturated heterocycles. The molecule has 0 radical (unpaired) electrons. The molecule has 1 atom stereocenters. The summed E-state index contributed by atoms with van der Waals surface area (Å²) in [5, 5.41) is 3.90. The number of nitrogens with zero attached hydrogens (tertiary/aromatic N) is 4. The van der Waals surface area contributed by atoms with Gasteiger partial charge >= 0.3 is 0 Å². The van der Waals surface area contributed by atoms with Gasteiger partial charge in [0.2, 0.25) is 0 Å². The Balaban J connectivity index is 0.989. The Morgan fingerprint density at radius 1 is 0.886 bits per heavy atom. The quantitative estimate of drug-likeness (QED) is 0.224. The molecule has 7 rings (SSSR count). The van der Waals surface area contributed by atoms with E-state index in [1.54, 1.807) is 17.7 Å². The summed E-state index contributed by atoms with van der Waals surface area (Å²) >= 11 is 1.78. The molecule has 3 heterocycles. The number of thiophene rings is 1. The monoisotopic (exact) mass is 611 g/mol. The van der Waals surface area contributed by atoms with Crippen LogP contribution in [0.2, 0.25) is 0 Å². The topological polar surface area (TPSA) is 70.6 Å². The molecule has 1 aliphatic heterocycles. The van der Waals surface area contributed by atoms with Crippen molar-refractivity contribution >= 4 is 44.7 Å². The number of ether oxygens (including phenoxy) is 1. The molecule has 1 aliphatic carbocycles. The summed E-state index contributed by atoms with van der Waals surface area (Å²) in [6, 6.07) is 20.3. The van der Waals surface area contributed by atoms with Crippen LogP contribution in [0.5, 0.6) is 5.75 Å². The first-order chi connectivity index (χ1) is 21.5. The Morgan fingerprint density at radius 3 is 2.30 bits per heavy atom. The average Bonchev–Trinajstić information content (AvgIpc) is 3.44. The summed E-state index contributed by atoms with van der Waals surface area (Å²) in [4.78, 5) is 28.7. The number of piperazine rings is 1. The number of amides is 1. The number of carbonyl (C=O) groups excluding carboxylic acids is 1. The van der Waals surface area contributed by atoms with Crippen LogP contribution in [0, 0.1) is 11.6 Å². The number of nitrogens with one attached hydrogen (secondary N) is 1. The van der Waals surface area contributed by atoms with Crippen LogP contribution in [-0.4, -0.2) is 48.7 Å². The molecule has 1 N–H and O–H groups in total. The van der Waals surface area contributed by atoms with E-state index in [-0.39, 0.29) is 24.1 Å². The number of rotatable bonds is 7. The Labute approximate surface area is 258 Å². The van der Waals surface area contributed by atoms with Gasteiger partial charge in [-0.15, -0.1) is 11.3 Å². The predicted molar refractivity (Wildman–Crippen MR) is 170 cm³/mol. The molecular formula is C34H31F2N5O2S. The van der Waals surface area contributed by atoms with Crippen molar-refractivity contribution in [2.24, 2.45) is 0 Å². The zero-order valence-corrected chi connectivity index (χ0v) is 24.8. The SMILES string of the molecule is O=C(COc1ccc(C2CCc3c(sc4ncnc(N5CCN(c6ccc(F)cc6)CC5)c34)C2)cc1)Nc1ccc(F)cc1.